The number of nitrogens with zero attached hydrogens (tertiary/aromatic N) is 3. The third-order valence-electron chi connectivity index (χ3n) is 5.03. The molecule has 3 heterocycles. The Bertz CT molecular complexity index is 726. The van der Waals surface area contributed by atoms with Crippen molar-refractivity contribution in [3.05, 3.63) is 35.3 Å². The first-order valence-corrected chi connectivity index (χ1v) is 8.94. The highest BCUT2D eigenvalue weighted by molar-refractivity contribution is 5.98. The Kier molecular flexibility index (Phi) is 4.90. The largest absolute Gasteiger partial charge is 0.365 e. The second-order valence-corrected chi connectivity index (χ2v) is 7.47. The summed E-state index contributed by atoms with van der Waals surface area (Å²) in [4.78, 5) is 18.8. The van der Waals surface area contributed by atoms with Crippen molar-refractivity contribution < 1.29 is 4.79 Å². The first-order chi connectivity index (χ1) is 11.5. The molecule has 2 aromatic heterocycles. The Morgan fingerprint density at radius 3 is 2.71 bits per heavy atom. The molecule has 0 radical (unpaired) electrons. The molecular weight excluding hydrogens is 300 g/mol. The van der Waals surface area contributed by atoms with Gasteiger partial charge in [-0.1, -0.05) is 13.8 Å². The number of nitrogens with two attached hydrogens (primary N) is 1. The number of aryl methyl sites for hydroxylation is 1. The molecule has 2 aromatic rings. The monoisotopic (exact) mass is 328 g/mol. The predicted octanol–water partition coefficient (Wildman–Crippen LogP) is 2.65. The molecule has 0 saturated carbocycles. The van der Waals surface area contributed by atoms with Crippen molar-refractivity contribution in [3.8, 4) is 0 Å². The van der Waals surface area contributed by atoms with Crippen LogP contribution in [0, 0.1) is 18.8 Å². The number of amides is 1. The first-order valence-electron chi connectivity index (χ1n) is 8.94. The zero-order chi connectivity index (χ0) is 17.3. The van der Waals surface area contributed by atoms with Gasteiger partial charge in [0.25, 0.3) is 5.91 Å². The van der Waals surface area contributed by atoms with Crippen LogP contribution in [0.2, 0.25) is 0 Å². The van der Waals surface area contributed by atoms with E-state index in [9.17, 15) is 4.79 Å². The maximum absolute atomic E-state index is 11.6. The van der Waals surface area contributed by atoms with E-state index in [0.29, 0.717) is 17.1 Å². The van der Waals surface area contributed by atoms with Gasteiger partial charge in [0.2, 0.25) is 0 Å². The van der Waals surface area contributed by atoms with Gasteiger partial charge in [-0.2, -0.15) is 0 Å². The van der Waals surface area contributed by atoms with Crippen LogP contribution < -0.4 is 5.73 Å². The van der Waals surface area contributed by atoms with Crippen molar-refractivity contribution in [2.75, 3.05) is 19.6 Å². The fraction of sp³-hybridized carbons (Fsp3) is 0.579. The summed E-state index contributed by atoms with van der Waals surface area (Å²) in [6.07, 6.45) is 5.47. The Balaban J connectivity index is 1.76. The summed E-state index contributed by atoms with van der Waals surface area (Å²) in [6, 6.07) is 3.63. The normalized spacial score (nSPS) is 17.0. The van der Waals surface area contributed by atoms with Crippen LogP contribution in [-0.4, -0.2) is 39.8 Å². The average Bonchev–Trinajstić information content (AvgIpc) is 2.84. The number of pyridine rings is 1. The Labute approximate surface area is 143 Å². The lowest BCUT2D eigenvalue weighted by molar-refractivity contribution is 0.100. The maximum atomic E-state index is 11.6. The van der Waals surface area contributed by atoms with Crippen molar-refractivity contribution in [2.24, 2.45) is 17.6 Å². The molecule has 0 atom stereocenters. The zero-order valence-electron chi connectivity index (χ0n) is 15.0. The molecule has 1 saturated heterocycles. The minimum absolute atomic E-state index is 0.417. The first kappa shape index (κ1) is 17.0. The van der Waals surface area contributed by atoms with E-state index in [2.05, 4.69) is 28.1 Å². The van der Waals surface area contributed by atoms with Crippen LogP contribution in [0.15, 0.2) is 18.3 Å². The summed E-state index contributed by atoms with van der Waals surface area (Å²) in [5.41, 5.74) is 8.89. The van der Waals surface area contributed by atoms with Crippen molar-refractivity contribution in [3.63, 3.8) is 0 Å². The fourth-order valence-corrected chi connectivity index (χ4v) is 3.83. The second-order valence-electron chi connectivity index (χ2n) is 7.47. The van der Waals surface area contributed by atoms with Gasteiger partial charge in [0.1, 0.15) is 5.65 Å². The van der Waals surface area contributed by atoms with Gasteiger partial charge in [-0.05, 0) is 63.2 Å². The molecule has 1 aliphatic heterocycles. The number of imidazole rings is 1. The second kappa shape index (κ2) is 6.93. The standard InChI is InChI=1S/C19H28N4O/c1-13(2)12-22-9-6-15(7-10-22)11-17-14(3)21-19-16(18(20)24)5-4-8-23(17)19/h4-5,8,13,15H,6-7,9-12H2,1-3H3,(H2,20,24). The lowest BCUT2D eigenvalue weighted by atomic mass is 9.91. The number of primary amides is 1. The molecule has 0 unspecified atom stereocenters. The summed E-state index contributed by atoms with van der Waals surface area (Å²) in [6.45, 7) is 10.2. The summed E-state index contributed by atoms with van der Waals surface area (Å²) in [7, 11) is 0. The third kappa shape index (κ3) is 3.46. The molecule has 0 aliphatic carbocycles. The van der Waals surface area contributed by atoms with E-state index < -0.39 is 5.91 Å². The molecule has 0 bridgehead atoms. The lowest BCUT2D eigenvalue weighted by Crippen LogP contribution is -2.36. The van der Waals surface area contributed by atoms with E-state index in [4.69, 9.17) is 5.73 Å². The Morgan fingerprint density at radius 2 is 2.08 bits per heavy atom. The summed E-state index contributed by atoms with van der Waals surface area (Å²) in [5, 5.41) is 0. The van der Waals surface area contributed by atoms with Gasteiger partial charge in [0.15, 0.2) is 0 Å². The van der Waals surface area contributed by atoms with Crippen LogP contribution in [-0.2, 0) is 6.42 Å². The number of aromatic nitrogens is 2. The molecule has 1 fully saturated rings. The highest BCUT2D eigenvalue weighted by atomic mass is 16.1. The molecule has 0 spiro atoms. The highest BCUT2D eigenvalue weighted by Gasteiger charge is 2.23. The van der Waals surface area contributed by atoms with Crippen LogP contribution in [0.1, 0.15) is 48.4 Å². The average molecular weight is 328 g/mol. The smallest absolute Gasteiger partial charge is 0.252 e. The fourth-order valence-electron chi connectivity index (χ4n) is 3.83. The van der Waals surface area contributed by atoms with Gasteiger partial charge in [0.05, 0.1) is 11.3 Å². The van der Waals surface area contributed by atoms with Gasteiger partial charge >= 0.3 is 0 Å². The number of hydrogen-bond donors (Lipinski definition) is 1. The molecule has 5 nitrogen and oxygen atoms in total. The van der Waals surface area contributed by atoms with Crippen LogP contribution in [0.3, 0.4) is 0 Å². The zero-order valence-corrected chi connectivity index (χ0v) is 15.0. The van der Waals surface area contributed by atoms with Crippen molar-refractivity contribution >= 4 is 11.6 Å². The summed E-state index contributed by atoms with van der Waals surface area (Å²) in [5.74, 6) is 0.998. The molecule has 1 aliphatic rings. The quantitative estimate of drug-likeness (QED) is 0.918. The van der Waals surface area contributed by atoms with E-state index >= 15 is 0 Å². The number of piperidine rings is 1. The number of fused-ring (bicyclic) bond motifs is 1. The van der Waals surface area contributed by atoms with Crippen LogP contribution >= 0.6 is 0 Å². The molecule has 2 N–H and O–H groups in total. The van der Waals surface area contributed by atoms with Crippen LogP contribution in [0.5, 0.6) is 0 Å². The number of likely N-dealkylation sites (tertiary alicyclic amines) is 1. The summed E-state index contributed by atoms with van der Waals surface area (Å²) < 4.78 is 2.05. The molecule has 0 aromatic carbocycles. The third-order valence-corrected chi connectivity index (χ3v) is 5.03. The predicted molar refractivity (Wildman–Crippen MR) is 96.2 cm³/mol. The van der Waals surface area contributed by atoms with E-state index in [1.165, 1.54) is 38.2 Å². The van der Waals surface area contributed by atoms with Gasteiger partial charge in [-0.15, -0.1) is 0 Å². The van der Waals surface area contributed by atoms with E-state index in [-0.39, 0.29) is 0 Å². The number of rotatable bonds is 5. The van der Waals surface area contributed by atoms with Gasteiger partial charge in [-0.25, -0.2) is 4.98 Å². The van der Waals surface area contributed by atoms with E-state index in [1.807, 2.05) is 19.2 Å². The maximum Gasteiger partial charge on any atom is 0.252 e. The van der Waals surface area contributed by atoms with E-state index in [1.54, 1.807) is 6.07 Å². The number of carbonyl (C=O) groups is 1. The van der Waals surface area contributed by atoms with Crippen LogP contribution in [0.25, 0.3) is 5.65 Å². The van der Waals surface area contributed by atoms with Gasteiger partial charge < -0.3 is 15.0 Å². The minimum atomic E-state index is -0.417. The molecular formula is C19H28N4O. The molecule has 1 amide bonds. The Morgan fingerprint density at radius 1 is 1.38 bits per heavy atom. The summed E-state index contributed by atoms with van der Waals surface area (Å²) >= 11 is 0. The Hall–Kier alpha value is -1.88. The number of hydrogen-bond acceptors (Lipinski definition) is 3. The van der Waals surface area contributed by atoms with Crippen molar-refractivity contribution in [1.29, 1.82) is 0 Å². The topological polar surface area (TPSA) is 63.6 Å². The number of carbonyl (C=O) groups excluding carboxylic acids is 1. The SMILES string of the molecule is Cc1nc2c(C(N)=O)cccn2c1CC1CCN(CC(C)C)CC1. The van der Waals surface area contributed by atoms with Crippen molar-refractivity contribution in [2.45, 2.75) is 40.0 Å². The van der Waals surface area contributed by atoms with Gasteiger partial charge in [-0.3, -0.25) is 4.79 Å². The van der Waals surface area contributed by atoms with Gasteiger partial charge in [0, 0.05) is 18.4 Å². The van der Waals surface area contributed by atoms with E-state index in [0.717, 1.165) is 18.0 Å². The highest BCUT2D eigenvalue weighted by Crippen LogP contribution is 2.25. The minimum Gasteiger partial charge on any atom is -0.365 e. The molecule has 24 heavy (non-hydrogen) atoms. The van der Waals surface area contributed by atoms with Crippen molar-refractivity contribution in [1.82, 2.24) is 14.3 Å². The molecule has 130 valence electrons. The lowest BCUT2D eigenvalue weighted by Gasteiger charge is -2.33. The van der Waals surface area contributed by atoms with Crippen LogP contribution in [0.4, 0.5) is 0 Å². The molecule has 3 rings (SSSR count). The molecule has 5 heteroatoms.